The van der Waals surface area contributed by atoms with Crippen LogP contribution in [0.4, 0.5) is 0 Å². The van der Waals surface area contributed by atoms with E-state index in [2.05, 4.69) is 29.3 Å². The summed E-state index contributed by atoms with van der Waals surface area (Å²) in [6.07, 6.45) is 1.83. The number of nitrogens with zero attached hydrogens (tertiary/aromatic N) is 2. The highest BCUT2D eigenvalue weighted by atomic mass is 16.3. The van der Waals surface area contributed by atoms with E-state index in [-0.39, 0.29) is 11.9 Å². The van der Waals surface area contributed by atoms with Gasteiger partial charge in [-0.1, -0.05) is 12.1 Å². The molecule has 3 aromatic rings. The van der Waals surface area contributed by atoms with Crippen molar-refractivity contribution in [3.8, 4) is 6.07 Å². The zero-order chi connectivity index (χ0) is 20.4. The zero-order valence-electron chi connectivity index (χ0n) is 16.9. The van der Waals surface area contributed by atoms with Crippen LogP contribution >= 0.6 is 0 Å². The Bertz CT molecular complexity index is 1030. The number of piperidine rings is 1. The summed E-state index contributed by atoms with van der Waals surface area (Å²) in [7, 11) is 0. The Morgan fingerprint density at radius 1 is 1.14 bits per heavy atom. The van der Waals surface area contributed by atoms with Crippen molar-refractivity contribution in [3.05, 3.63) is 70.5 Å². The molecule has 0 bridgehead atoms. The molecule has 0 saturated carbocycles. The molecule has 1 saturated heterocycles. The number of aryl methyl sites for hydroxylation is 2. The lowest BCUT2D eigenvalue weighted by Crippen LogP contribution is -2.44. The van der Waals surface area contributed by atoms with E-state index in [0.717, 1.165) is 49.0 Å². The van der Waals surface area contributed by atoms with Gasteiger partial charge in [0, 0.05) is 31.1 Å². The first-order valence-electron chi connectivity index (χ1n) is 10.0. The van der Waals surface area contributed by atoms with E-state index in [9.17, 15) is 4.79 Å². The number of amides is 1. The number of furan rings is 1. The molecule has 4 rings (SSSR count). The van der Waals surface area contributed by atoms with Crippen LogP contribution in [0.1, 0.15) is 45.7 Å². The number of hydrogen-bond donors (Lipinski definition) is 1. The summed E-state index contributed by atoms with van der Waals surface area (Å²) < 4.78 is 5.78. The van der Waals surface area contributed by atoms with Gasteiger partial charge in [0.15, 0.2) is 5.76 Å². The maximum Gasteiger partial charge on any atom is 0.287 e. The van der Waals surface area contributed by atoms with E-state index >= 15 is 0 Å². The Morgan fingerprint density at radius 3 is 2.52 bits per heavy atom. The Balaban J connectivity index is 1.32. The van der Waals surface area contributed by atoms with E-state index in [1.165, 1.54) is 11.1 Å². The highest BCUT2D eigenvalue weighted by Crippen LogP contribution is 2.23. The zero-order valence-corrected chi connectivity index (χ0v) is 16.9. The molecule has 5 nitrogen and oxygen atoms in total. The molecule has 0 atom stereocenters. The summed E-state index contributed by atoms with van der Waals surface area (Å²) in [4.78, 5) is 15.0. The van der Waals surface area contributed by atoms with Crippen molar-refractivity contribution in [1.82, 2.24) is 10.2 Å². The van der Waals surface area contributed by atoms with Crippen molar-refractivity contribution in [1.29, 1.82) is 5.26 Å². The van der Waals surface area contributed by atoms with Gasteiger partial charge in [-0.2, -0.15) is 5.26 Å². The monoisotopic (exact) mass is 387 g/mol. The average molecular weight is 387 g/mol. The van der Waals surface area contributed by atoms with Gasteiger partial charge < -0.3 is 9.73 Å². The average Bonchev–Trinajstić information content (AvgIpc) is 3.13. The molecular formula is C24H25N3O2. The van der Waals surface area contributed by atoms with E-state index in [1.807, 2.05) is 43.3 Å². The van der Waals surface area contributed by atoms with Crippen molar-refractivity contribution < 1.29 is 9.21 Å². The Labute approximate surface area is 170 Å². The number of fused-ring (bicyclic) bond motifs is 1. The topological polar surface area (TPSA) is 69.3 Å². The van der Waals surface area contributed by atoms with Crippen LogP contribution in [-0.4, -0.2) is 29.9 Å². The number of carbonyl (C=O) groups excluding carboxylic acids is 1. The minimum atomic E-state index is -0.137. The summed E-state index contributed by atoms with van der Waals surface area (Å²) in [6, 6.07) is 15.9. The summed E-state index contributed by atoms with van der Waals surface area (Å²) >= 11 is 0. The van der Waals surface area contributed by atoms with Crippen molar-refractivity contribution in [2.24, 2.45) is 0 Å². The molecule has 29 heavy (non-hydrogen) atoms. The van der Waals surface area contributed by atoms with Gasteiger partial charge in [-0.25, -0.2) is 0 Å². The summed E-state index contributed by atoms with van der Waals surface area (Å²) in [6.45, 7) is 6.84. The van der Waals surface area contributed by atoms with Gasteiger partial charge in [-0.3, -0.25) is 9.69 Å². The lowest BCUT2D eigenvalue weighted by atomic mass is 10.0. The predicted octanol–water partition coefficient (Wildman–Crippen LogP) is 4.32. The molecule has 0 unspecified atom stereocenters. The summed E-state index contributed by atoms with van der Waals surface area (Å²) in [5, 5.41) is 13.0. The van der Waals surface area contributed by atoms with E-state index in [0.29, 0.717) is 11.3 Å². The number of nitriles is 1. The van der Waals surface area contributed by atoms with Crippen LogP contribution in [0.25, 0.3) is 11.0 Å². The number of benzene rings is 2. The van der Waals surface area contributed by atoms with Crippen molar-refractivity contribution in [3.63, 3.8) is 0 Å². The van der Waals surface area contributed by atoms with Gasteiger partial charge >= 0.3 is 0 Å². The molecule has 5 heteroatoms. The third-order valence-corrected chi connectivity index (χ3v) is 5.77. The molecule has 2 aromatic carbocycles. The highest BCUT2D eigenvalue weighted by molar-refractivity contribution is 5.96. The van der Waals surface area contributed by atoms with Crippen LogP contribution in [0, 0.1) is 25.2 Å². The lowest BCUT2D eigenvalue weighted by molar-refractivity contribution is 0.0883. The number of carbonyl (C=O) groups is 1. The maximum absolute atomic E-state index is 12.6. The van der Waals surface area contributed by atoms with Crippen molar-refractivity contribution in [2.75, 3.05) is 13.1 Å². The fourth-order valence-corrected chi connectivity index (χ4v) is 3.85. The normalized spacial score (nSPS) is 15.3. The predicted molar refractivity (Wildman–Crippen MR) is 113 cm³/mol. The second-order valence-corrected chi connectivity index (χ2v) is 7.92. The second kappa shape index (κ2) is 8.10. The molecule has 0 aliphatic carbocycles. The number of likely N-dealkylation sites (tertiary alicyclic amines) is 1. The number of rotatable bonds is 4. The van der Waals surface area contributed by atoms with E-state index < -0.39 is 0 Å². The minimum Gasteiger partial charge on any atom is -0.451 e. The number of hydrogen-bond acceptors (Lipinski definition) is 4. The molecule has 1 fully saturated rings. The van der Waals surface area contributed by atoms with Crippen LogP contribution < -0.4 is 5.32 Å². The fraction of sp³-hybridized carbons (Fsp3) is 0.333. The second-order valence-electron chi connectivity index (χ2n) is 7.92. The highest BCUT2D eigenvalue weighted by Gasteiger charge is 2.22. The molecule has 1 aliphatic rings. The van der Waals surface area contributed by atoms with Gasteiger partial charge in [-0.05, 0) is 73.7 Å². The first kappa shape index (κ1) is 19.2. The third-order valence-electron chi connectivity index (χ3n) is 5.77. The van der Waals surface area contributed by atoms with Crippen LogP contribution in [0.3, 0.4) is 0 Å². The quantitative estimate of drug-likeness (QED) is 0.724. The molecule has 0 spiro atoms. The van der Waals surface area contributed by atoms with Crippen molar-refractivity contribution in [2.45, 2.75) is 39.3 Å². The lowest BCUT2D eigenvalue weighted by Gasteiger charge is -2.32. The molecular weight excluding hydrogens is 362 g/mol. The van der Waals surface area contributed by atoms with Gasteiger partial charge in [0.05, 0.1) is 11.6 Å². The van der Waals surface area contributed by atoms with Crippen LogP contribution in [-0.2, 0) is 6.54 Å². The maximum atomic E-state index is 12.6. The van der Waals surface area contributed by atoms with Gasteiger partial charge in [0.1, 0.15) is 5.58 Å². The molecule has 1 amide bonds. The third kappa shape index (κ3) is 4.33. The first-order chi connectivity index (χ1) is 14.0. The van der Waals surface area contributed by atoms with Crippen LogP contribution in [0.15, 0.2) is 46.9 Å². The molecule has 1 aliphatic heterocycles. The van der Waals surface area contributed by atoms with Gasteiger partial charge in [0.2, 0.25) is 0 Å². The smallest absolute Gasteiger partial charge is 0.287 e. The molecule has 1 N–H and O–H groups in total. The molecule has 148 valence electrons. The largest absolute Gasteiger partial charge is 0.451 e. The summed E-state index contributed by atoms with van der Waals surface area (Å²) in [5.41, 5.74) is 5.01. The molecule has 2 heterocycles. The van der Waals surface area contributed by atoms with E-state index in [1.54, 1.807) is 0 Å². The van der Waals surface area contributed by atoms with Crippen molar-refractivity contribution >= 4 is 16.9 Å². The minimum absolute atomic E-state index is 0.137. The van der Waals surface area contributed by atoms with E-state index in [4.69, 9.17) is 9.68 Å². The Kier molecular flexibility index (Phi) is 5.37. The number of nitrogens with one attached hydrogen (secondary N) is 1. The van der Waals surface area contributed by atoms with Gasteiger partial charge in [-0.15, -0.1) is 0 Å². The summed E-state index contributed by atoms with van der Waals surface area (Å²) in [5.74, 6) is 0.243. The standard InChI is InChI=1S/C24H25N3O2/c1-16-11-20-13-23(29-22(20)12-17(16)2)24(28)26-21-7-9-27(10-8-21)15-19-5-3-18(14-25)4-6-19/h3-6,11-13,21H,7-10,15H2,1-2H3,(H,26,28). The fourth-order valence-electron chi connectivity index (χ4n) is 3.85. The van der Waals surface area contributed by atoms with Crippen LogP contribution in [0.5, 0.6) is 0 Å². The first-order valence-corrected chi connectivity index (χ1v) is 10.0. The SMILES string of the molecule is Cc1cc2cc(C(=O)NC3CCN(Cc4ccc(C#N)cc4)CC3)oc2cc1C. The Hall–Kier alpha value is -3.10. The molecule has 1 aromatic heterocycles. The van der Waals surface area contributed by atoms with Gasteiger partial charge in [0.25, 0.3) is 5.91 Å². The Morgan fingerprint density at radius 2 is 1.83 bits per heavy atom. The van der Waals surface area contributed by atoms with Crippen LogP contribution in [0.2, 0.25) is 0 Å². The molecule has 0 radical (unpaired) electrons.